The predicted molar refractivity (Wildman–Crippen MR) is 95.0 cm³/mol. The summed E-state index contributed by atoms with van der Waals surface area (Å²) in [6.07, 6.45) is 0. The van der Waals surface area contributed by atoms with Gasteiger partial charge in [0.2, 0.25) is 0 Å². The van der Waals surface area contributed by atoms with Crippen molar-refractivity contribution in [1.29, 1.82) is 5.26 Å². The first-order valence-corrected chi connectivity index (χ1v) is 8.20. The number of nitrogens with one attached hydrogen (secondary N) is 1. The third-order valence-electron chi connectivity index (χ3n) is 3.37. The highest BCUT2D eigenvalue weighted by molar-refractivity contribution is 7.14. The Balaban J connectivity index is 1.57. The quantitative estimate of drug-likeness (QED) is 0.756. The first kappa shape index (κ1) is 15.8. The monoisotopic (exact) mass is 334 g/mol. The molecule has 0 aliphatic carbocycles. The van der Waals surface area contributed by atoms with Gasteiger partial charge in [-0.1, -0.05) is 42.5 Å². The fraction of sp³-hybridized carbons (Fsp3) is 0.0526. The van der Waals surface area contributed by atoms with E-state index < -0.39 is 0 Å². The topological polar surface area (TPSA) is 62.1 Å². The van der Waals surface area contributed by atoms with Crippen LogP contribution in [-0.2, 0) is 4.79 Å². The highest BCUT2D eigenvalue weighted by atomic mass is 32.1. The molecule has 3 aromatic rings. The Morgan fingerprint density at radius 1 is 1.04 bits per heavy atom. The van der Waals surface area contributed by atoms with Crippen molar-refractivity contribution >= 4 is 22.2 Å². The van der Waals surface area contributed by atoms with Crippen LogP contribution < -0.4 is 10.1 Å². The maximum atomic E-state index is 11.9. The van der Waals surface area contributed by atoms with E-state index in [4.69, 9.17) is 10.00 Å². The molecule has 24 heavy (non-hydrogen) atoms. The van der Waals surface area contributed by atoms with E-state index in [2.05, 4.69) is 5.32 Å². The van der Waals surface area contributed by atoms with E-state index in [1.807, 2.05) is 60.7 Å². The Hall–Kier alpha value is -3.10. The summed E-state index contributed by atoms with van der Waals surface area (Å²) in [5.74, 6) is 0.331. The molecular weight excluding hydrogens is 320 g/mol. The summed E-state index contributed by atoms with van der Waals surface area (Å²) in [7, 11) is 0. The lowest BCUT2D eigenvalue weighted by Gasteiger charge is -2.08. The van der Waals surface area contributed by atoms with E-state index in [1.165, 1.54) is 11.3 Å². The molecule has 3 rings (SSSR count). The zero-order valence-electron chi connectivity index (χ0n) is 12.7. The minimum Gasteiger partial charge on any atom is -0.484 e. The summed E-state index contributed by atoms with van der Waals surface area (Å²) in [6, 6.07) is 21.3. The van der Waals surface area contributed by atoms with E-state index >= 15 is 0 Å². The molecule has 118 valence electrons. The molecule has 0 atom stereocenters. The maximum absolute atomic E-state index is 11.9. The summed E-state index contributed by atoms with van der Waals surface area (Å²) in [5, 5.41) is 13.9. The summed E-state index contributed by atoms with van der Waals surface area (Å²) in [4.78, 5) is 11.9. The fourth-order valence-electron chi connectivity index (χ4n) is 2.18. The molecule has 1 N–H and O–H groups in total. The molecule has 0 aliphatic rings. The van der Waals surface area contributed by atoms with Crippen LogP contribution in [0.3, 0.4) is 0 Å². The van der Waals surface area contributed by atoms with Crippen molar-refractivity contribution < 1.29 is 9.53 Å². The summed E-state index contributed by atoms with van der Waals surface area (Å²) >= 11 is 1.31. The van der Waals surface area contributed by atoms with E-state index in [9.17, 15) is 4.79 Å². The van der Waals surface area contributed by atoms with Gasteiger partial charge in [-0.2, -0.15) is 5.26 Å². The fourth-order valence-corrected chi connectivity index (χ4v) is 2.93. The second-order valence-corrected chi connectivity index (χ2v) is 5.92. The Labute approximate surface area is 143 Å². The molecule has 1 amide bonds. The summed E-state index contributed by atoms with van der Waals surface area (Å²) in [6.45, 7) is -0.104. The number of hydrogen-bond donors (Lipinski definition) is 1. The minimum absolute atomic E-state index is 0.104. The Bertz CT molecular complexity index is 864. The van der Waals surface area contributed by atoms with E-state index in [1.54, 1.807) is 11.4 Å². The molecule has 0 bridgehead atoms. The van der Waals surface area contributed by atoms with Gasteiger partial charge in [-0.15, -0.1) is 11.3 Å². The SMILES string of the molecule is N#Cc1ccsc1NC(=O)COc1ccc(-c2ccccc2)cc1. The number of nitrogens with zero attached hydrogens (tertiary/aromatic N) is 1. The summed E-state index contributed by atoms with van der Waals surface area (Å²) < 4.78 is 5.49. The molecule has 1 aromatic heterocycles. The highest BCUT2D eigenvalue weighted by Gasteiger charge is 2.09. The Morgan fingerprint density at radius 2 is 1.75 bits per heavy atom. The van der Waals surface area contributed by atoms with E-state index in [-0.39, 0.29) is 12.5 Å². The molecule has 0 aliphatic heterocycles. The Morgan fingerprint density at radius 3 is 2.46 bits per heavy atom. The van der Waals surface area contributed by atoms with Gasteiger partial charge in [0.15, 0.2) is 6.61 Å². The zero-order valence-corrected chi connectivity index (χ0v) is 13.5. The first-order chi connectivity index (χ1) is 11.8. The molecule has 0 fully saturated rings. The minimum atomic E-state index is -0.291. The molecule has 0 unspecified atom stereocenters. The number of nitriles is 1. The number of amides is 1. The lowest BCUT2D eigenvalue weighted by atomic mass is 10.1. The molecule has 2 aromatic carbocycles. The van der Waals surface area contributed by atoms with Crippen LogP contribution in [0.1, 0.15) is 5.56 Å². The number of thiophene rings is 1. The number of rotatable bonds is 5. The van der Waals surface area contributed by atoms with Crippen LogP contribution in [0.4, 0.5) is 5.00 Å². The van der Waals surface area contributed by atoms with Gasteiger partial charge in [-0.25, -0.2) is 0 Å². The van der Waals surface area contributed by atoms with Crippen LogP contribution in [0.5, 0.6) is 5.75 Å². The number of ether oxygens (including phenoxy) is 1. The molecular formula is C19H14N2O2S. The van der Waals surface area contributed by atoms with Crippen molar-refractivity contribution in [1.82, 2.24) is 0 Å². The smallest absolute Gasteiger partial charge is 0.262 e. The second kappa shape index (κ2) is 7.44. The van der Waals surface area contributed by atoms with Crippen LogP contribution in [0, 0.1) is 11.3 Å². The van der Waals surface area contributed by atoms with Crippen LogP contribution >= 0.6 is 11.3 Å². The average molecular weight is 334 g/mol. The van der Waals surface area contributed by atoms with Crippen molar-refractivity contribution in [2.45, 2.75) is 0 Å². The third-order valence-corrected chi connectivity index (χ3v) is 4.20. The normalized spacial score (nSPS) is 9.96. The molecule has 0 saturated heterocycles. The van der Waals surface area contributed by atoms with Crippen LogP contribution in [0.25, 0.3) is 11.1 Å². The third kappa shape index (κ3) is 3.80. The molecule has 0 radical (unpaired) electrons. The number of benzene rings is 2. The van der Waals surface area contributed by atoms with Gasteiger partial charge in [0.25, 0.3) is 5.91 Å². The number of carbonyl (C=O) groups is 1. The maximum Gasteiger partial charge on any atom is 0.262 e. The second-order valence-electron chi connectivity index (χ2n) is 5.00. The molecule has 1 heterocycles. The highest BCUT2D eigenvalue weighted by Crippen LogP contribution is 2.23. The zero-order chi connectivity index (χ0) is 16.8. The van der Waals surface area contributed by atoms with Gasteiger partial charge in [0, 0.05) is 0 Å². The van der Waals surface area contributed by atoms with Crippen LogP contribution in [-0.4, -0.2) is 12.5 Å². The molecule has 5 heteroatoms. The number of hydrogen-bond acceptors (Lipinski definition) is 4. The van der Waals surface area contributed by atoms with Crippen molar-refractivity contribution in [2.75, 3.05) is 11.9 Å². The van der Waals surface area contributed by atoms with Crippen LogP contribution in [0.15, 0.2) is 66.0 Å². The molecule has 0 spiro atoms. The van der Waals surface area contributed by atoms with Crippen molar-refractivity contribution in [2.24, 2.45) is 0 Å². The van der Waals surface area contributed by atoms with Gasteiger partial charge < -0.3 is 10.1 Å². The largest absolute Gasteiger partial charge is 0.484 e. The van der Waals surface area contributed by atoms with Gasteiger partial charge in [0.05, 0.1) is 5.56 Å². The first-order valence-electron chi connectivity index (χ1n) is 7.32. The Kier molecular flexibility index (Phi) is 4.90. The predicted octanol–water partition coefficient (Wildman–Crippen LogP) is 4.30. The average Bonchev–Trinajstić information content (AvgIpc) is 3.08. The number of anilines is 1. The van der Waals surface area contributed by atoms with E-state index in [0.29, 0.717) is 16.3 Å². The standard InChI is InChI=1S/C19H14N2O2S/c20-12-16-10-11-24-19(16)21-18(22)13-23-17-8-6-15(7-9-17)14-4-2-1-3-5-14/h1-11H,13H2,(H,21,22). The molecule has 4 nitrogen and oxygen atoms in total. The van der Waals surface area contributed by atoms with Gasteiger partial charge in [-0.05, 0) is 34.7 Å². The lowest BCUT2D eigenvalue weighted by molar-refractivity contribution is -0.118. The van der Waals surface area contributed by atoms with Crippen molar-refractivity contribution in [3.8, 4) is 22.9 Å². The lowest BCUT2D eigenvalue weighted by Crippen LogP contribution is -2.19. The van der Waals surface area contributed by atoms with E-state index in [0.717, 1.165) is 11.1 Å². The van der Waals surface area contributed by atoms with Gasteiger partial charge in [-0.3, -0.25) is 4.79 Å². The van der Waals surface area contributed by atoms with Crippen molar-refractivity contribution in [3.05, 3.63) is 71.6 Å². The summed E-state index contributed by atoms with van der Waals surface area (Å²) in [5.41, 5.74) is 2.67. The molecule has 0 saturated carbocycles. The van der Waals surface area contributed by atoms with Crippen LogP contribution in [0.2, 0.25) is 0 Å². The van der Waals surface area contributed by atoms with Gasteiger partial charge in [0.1, 0.15) is 16.8 Å². The number of carbonyl (C=O) groups excluding carboxylic acids is 1. The van der Waals surface area contributed by atoms with Crippen molar-refractivity contribution in [3.63, 3.8) is 0 Å². The van der Waals surface area contributed by atoms with Gasteiger partial charge >= 0.3 is 0 Å².